The lowest BCUT2D eigenvalue weighted by Gasteiger charge is -2.06. The molecule has 0 aromatic carbocycles. The summed E-state index contributed by atoms with van der Waals surface area (Å²) in [6.07, 6.45) is 4.31. The van der Waals surface area contributed by atoms with E-state index in [2.05, 4.69) is 20.8 Å². The second-order valence-corrected chi connectivity index (χ2v) is 3.64. The van der Waals surface area contributed by atoms with Crippen molar-refractivity contribution < 1.29 is 0 Å². The first-order chi connectivity index (χ1) is 4.25. The van der Waals surface area contributed by atoms with Crippen LogP contribution >= 0.6 is 0 Å². The normalized spacial score (nSPS) is 36.3. The smallest absolute Gasteiger partial charge is 0.0360 e. The van der Waals surface area contributed by atoms with Crippen LogP contribution in [0, 0.1) is 17.8 Å². The Labute approximate surface area is 58.7 Å². The van der Waals surface area contributed by atoms with Crippen molar-refractivity contribution in [3.63, 3.8) is 0 Å². The van der Waals surface area contributed by atoms with Gasteiger partial charge in [0.2, 0.25) is 0 Å². The zero-order chi connectivity index (χ0) is 6.85. The first kappa shape index (κ1) is 7.11. The maximum Gasteiger partial charge on any atom is -0.0360 e. The summed E-state index contributed by atoms with van der Waals surface area (Å²) in [5.41, 5.74) is 0. The molecule has 3 atom stereocenters. The van der Waals surface area contributed by atoms with Gasteiger partial charge in [-0.1, -0.05) is 33.6 Å². The maximum absolute atomic E-state index is 2.40. The Hall–Kier alpha value is 0. The fraction of sp³-hybridized carbons (Fsp3) is 1.00. The van der Waals surface area contributed by atoms with E-state index in [9.17, 15) is 0 Å². The molecule has 0 N–H and O–H groups in total. The van der Waals surface area contributed by atoms with E-state index in [0.29, 0.717) is 0 Å². The van der Waals surface area contributed by atoms with Crippen LogP contribution in [0.1, 0.15) is 40.0 Å². The molecule has 0 saturated heterocycles. The third-order valence-corrected chi connectivity index (χ3v) is 2.65. The molecule has 1 aliphatic carbocycles. The average Bonchev–Trinajstić information content (AvgIpc) is 2.47. The van der Waals surface area contributed by atoms with Gasteiger partial charge in [-0.25, -0.2) is 0 Å². The van der Waals surface area contributed by atoms with Crippen molar-refractivity contribution >= 4 is 0 Å². The van der Waals surface area contributed by atoms with Gasteiger partial charge < -0.3 is 0 Å². The number of hydrogen-bond donors (Lipinski definition) is 0. The summed E-state index contributed by atoms with van der Waals surface area (Å²) in [7, 11) is 0. The maximum atomic E-state index is 2.40. The molecule has 1 aliphatic rings. The van der Waals surface area contributed by atoms with Gasteiger partial charge in [0.05, 0.1) is 0 Å². The molecule has 1 rings (SSSR count). The molecule has 0 amide bonds. The average molecular weight is 126 g/mol. The Morgan fingerprint density at radius 3 is 2.44 bits per heavy atom. The van der Waals surface area contributed by atoms with Gasteiger partial charge in [0.15, 0.2) is 0 Å². The van der Waals surface area contributed by atoms with Crippen LogP contribution in [-0.2, 0) is 0 Å². The van der Waals surface area contributed by atoms with Crippen LogP contribution in [0.2, 0.25) is 0 Å². The molecule has 0 aromatic rings. The quantitative estimate of drug-likeness (QED) is 0.545. The second kappa shape index (κ2) is 2.72. The molecule has 0 heterocycles. The summed E-state index contributed by atoms with van der Waals surface area (Å²) in [6.45, 7) is 7.05. The Bertz CT molecular complexity index is 86.0. The topological polar surface area (TPSA) is 0 Å². The molecule has 0 bridgehead atoms. The van der Waals surface area contributed by atoms with Crippen LogP contribution in [0.3, 0.4) is 0 Å². The highest BCUT2D eigenvalue weighted by atomic mass is 14.4. The fourth-order valence-corrected chi connectivity index (χ4v) is 1.81. The van der Waals surface area contributed by atoms with E-state index in [1.54, 1.807) is 0 Å². The van der Waals surface area contributed by atoms with Gasteiger partial charge in [0.25, 0.3) is 0 Å². The predicted molar refractivity (Wildman–Crippen MR) is 41.3 cm³/mol. The van der Waals surface area contributed by atoms with Crippen LogP contribution < -0.4 is 0 Å². The standard InChI is InChI=1S/C9H18/c1-4-5-7(2)9-6-8(9)3/h7-9H,4-6H2,1-3H3/t7?,8?,9-/m0/s1. The van der Waals surface area contributed by atoms with Gasteiger partial charge in [-0.3, -0.25) is 0 Å². The van der Waals surface area contributed by atoms with Gasteiger partial charge in [0, 0.05) is 0 Å². The van der Waals surface area contributed by atoms with Crippen LogP contribution in [0.25, 0.3) is 0 Å². The molecular weight excluding hydrogens is 108 g/mol. The first-order valence-corrected chi connectivity index (χ1v) is 4.25. The minimum absolute atomic E-state index is 1.00. The lowest BCUT2D eigenvalue weighted by Crippen LogP contribution is -1.96. The summed E-state index contributed by atoms with van der Waals surface area (Å²) >= 11 is 0. The van der Waals surface area contributed by atoms with Crippen molar-refractivity contribution in [3.8, 4) is 0 Å². The van der Waals surface area contributed by atoms with E-state index in [4.69, 9.17) is 0 Å². The van der Waals surface area contributed by atoms with Crippen LogP contribution in [0.4, 0.5) is 0 Å². The van der Waals surface area contributed by atoms with Gasteiger partial charge in [-0.05, 0) is 24.2 Å². The van der Waals surface area contributed by atoms with Crippen molar-refractivity contribution in [1.29, 1.82) is 0 Å². The molecule has 0 heteroatoms. The summed E-state index contributed by atoms with van der Waals surface area (Å²) in [4.78, 5) is 0. The van der Waals surface area contributed by atoms with Gasteiger partial charge in [-0.15, -0.1) is 0 Å². The van der Waals surface area contributed by atoms with Crippen molar-refractivity contribution in [1.82, 2.24) is 0 Å². The summed E-state index contributed by atoms with van der Waals surface area (Å²) in [6, 6.07) is 0. The van der Waals surface area contributed by atoms with E-state index in [0.717, 1.165) is 17.8 Å². The molecule has 54 valence electrons. The predicted octanol–water partition coefficient (Wildman–Crippen LogP) is 3.08. The molecule has 0 nitrogen and oxygen atoms in total. The minimum atomic E-state index is 1.00. The molecule has 9 heavy (non-hydrogen) atoms. The molecule has 0 aliphatic heterocycles. The van der Waals surface area contributed by atoms with Crippen LogP contribution in [0.15, 0.2) is 0 Å². The molecule has 1 saturated carbocycles. The Morgan fingerprint density at radius 1 is 1.56 bits per heavy atom. The first-order valence-electron chi connectivity index (χ1n) is 4.25. The Kier molecular flexibility index (Phi) is 2.15. The van der Waals surface area contributed by atoms with E-state index < -0.39 is 0 Å². The van der Waals surface area contributed by atoms with E-state index >= 15 is 0 Å². The highest BCUT2D eigenvalue weighted by Crippen LogP contribution is 2.44. The molecule has 0 radical (unpaired) electrons. The summed E-state index contributed by atoms with van der Waals surface area (Å²) < 4.78 is 0. The summed E-state index contributed by atoms with van der Waals surface area (Å²) in [5, 5.41) is 0. The van der Waals surface area contributed by atoms with Gasteiger partial charge in [-0.2, -0.15) is 0 Å². The number of rotatable bonds is 3. The fourth-order valence-electron chi connectivity index (χ4n) is 1.81. The monoisotopic (exact) mass is 126 g/mol. The number of hydrogen-bond acceptors (Lipinski definition) is 0. The molecule has 0 spiro atoms. The third-order valence-electron chi connectivity index (χ3n) is 2.65. The molecule has 2 unspecified atom stereocenters. The van der Waals surface area contributed by atoms with Crippen molar-refractivity contribution in [3.05, 3.63) is 0 Å². The van der Waals surface area contributed by atoms with E-state index in [1.165, 1.54) is 19.3 Å². The largest absolute Gasteiger partial charge is 0.0654 e. The molecule has 1 fully saturated rings. The van der Waals surface area contributed by atoms with Crippen LogP contribution in [0.5, 0.6) is 0 Å². The minimum Gasteiger partial charge on any atom is -0.0654 e. The second-order valence-electron chi connectivity index (χ2n) is 3.64. The molecule has 0 aromatic heterocycles. The zero-order valence-electron chi connectivity index (χ0n) is 6.85. The third kappa shape index (κ3) is 1.70. The highest BCUT2D eigenvalue weighted by Gasteiger charge is 2.36. The van der Waals surface area contributed by atoms with Crippen molar-refractivity contribution in [2.75, 3.05) is 0 Å². The van der Waals surface area contributed by atoms with Crippen molar-refractivity contribution in [2.24, 2.45) is 17.8 Å². The Balaban J connectivity index is 2.11. The lowest BCUT2D eigenvalue weighted by molar-refractivity contribution is 0.444. The Morgan fingerprint density at radius 2 is 2.11 bits per heavy atom. The van der Waals surface area contributed by atoms with Gasteiger partial charge >= 0.3 is 0 Å². The highest BCUT2D eigenvalue weighted by molar-refractivity contribution is 4.85. The lowest BCUT2D eigenvalue weighted by atomic mass is 10.00. The van der Waals surface area contributed by atoms with E-state index in [1.807, 2.05) is 0 Å². The van der Waals surface area contributed by atoms with E-state index in [-0.39, 0.29) is 0 Å². The summed E-state index contributed by atoms with van der Waals surface area (Å²) in [5.74, 6) is 3.14. The zero-order valence-corrected chi connectivity index (χ0v) is 6.85. The molecular formula is C9H18. The van der Waals surface area contributed by atoms with Crippen LogP contribution in [-0.4, -0.2) is 0 Å². The van der Waals surface area contributed by atoms with Crippen molar-refractivity contribution in [2.45, 2.75) is 40.0 Å². The van der Waals surface area contributed by atoms with Gasteiger partial charge in [0.1, 0.15) is 0 Å². The SMILES string of the molecule is CCCC(C)[C@@H]1CC1C.